The minimum absolute atomic E-state index is 0.0853. The van der Waals surface area contributed by atoms with Crippen molar-refractivity contribution in [1.82, 2.24) is 14.9 Å². The first kappa shape index (κ1) is 21.5. The van der Waals surface area contributed by atoms with E-state index in [-0.39, 0.29) is 19.2 Å². The molecule has 2 heterocycles. The summed E-state index contributed by atoms with van der Waals surface area (Å²) in [5.41, 5.74) is 2.78. The van der Waals surface area contributed by atoms with Crippen LogP contribution in [0, 0.1) is 6.92 Å². The molecule has 4 aromatic rings. The molecule has 1 amide bonds. The molecule has 0 saturated carbocycles. The van der Waals surface area contributed by atoms with Crippen molar-refractivity contribution in [2.75, 3.05) is 13.3 Å². The van der Waals surface area contributed by atoms with Gasteiger partial charge < -0.3 is 19.8 Å². The molecule has 0 unspecified atom stereocenters. The first-order valence-corrected chi connectivity index (χ1v) is 11.0. The van der Waals surface area contributed by atoms with Crippen molar-refractivity contribution in [3.63, 3.8) is 0 Å². The lowest BCUT2D eigenvalue weighted by molar-refractivity contribution is 0.0954. The van der Waals surface area contributed by atoms with E-state index in [1.807, 2.05) is 25.1 Å². The Balaban J connectivity index is 1.34. The molecule has 172 valence electrons. The topological polar surface area (TPSA) is 102 Å². The number of carbonyl (C=O) groups excluding carboxylic acids is 1. The summed E-state index contributed by atoms with van der Waals surface area (Å²) in [6, 6.07) is 18.1. The van der Waals surface area contributed by atoms with E-state index in [9.17, 15) is 14.4 Å². The van der Waals surface area contributed by atoms with Crippen LogP contribution in [0.15, 0.2) is 70.3 Å². The first-order chi connectivity index (χ1) is 16.5. The van der Waals surface area contributed by atoms with Gasteiger partial charge in [-0.15, -0.1) is 0 Å². The maximum Gasteiger partial charge on any atom is 0.329 e. The number of aryl methyl sites for hydroxylation is 1. The van der Waals surface area contributed by atoms with Crippen LogP contribution in [0.3, 0.4) is 0 Å². The lowest BCUT2D eigenvalue weighted by Crippen LogP contribution is -2.35. The van der Waals surface area contributed by atoms with Crippen molar-refractivity contribution in [2.24, 2.45) is 0 Å². The van der Waals surface area contributed by atoms with Crippen molar-refractivity contribution >= 4 is 16.8 Å². The van der Waals surface area contributed by atoms with Crippen molar-refractivity contribution in [2.45, 2.75) is 19.9 Å². The van der Waals surface area contributed by atoms with E-state index in [0.717, 1.165) is 15.7 Å². The highest BCUT2D eigenvalue weighted by atomic mass is 16.7. The van der Waals surface area contributed by atoms with Crippen LogP contribution in [0.2, 0.25) is 0 Å². The highest BCUT2D eigenvalue weighted by Gasteiger charge is 2.15. The van der Waals surface area contributed by atoms with Gasteiger partial charge in [0, 0.05) is 12.1 Å². The standard InChI is InChI=1S/C26H23N3O5/c1-16-3-2-4-17(11-16)9-10-27-24(30)19-6-7-20-21(13-19)28-26(32)29(25(20)31)14-18-5-8-22-23(12-18)34-15-33-22/h2-8,11-13H,9-10,14-15H2,1H3,(H,27,30)(H,28,32). The molecule has 0 atom stereocenters. The molecule has 5 rings (SSSR count). The minimum atomic E-state index is -0.549. The number of H-pyrrole nitrogens is 1. The van der Waals surface area contributed by atoms with Crippen molar-refractivity contribution in [1.29, 1.82) is 0 Å². The molecule has 1 aliphatic rings. The summed E-state index contributed by atoms with van der Waals surface area (Å²) in [4.78, 5) is 41.0. The highest BCUT2D eigenvalue weighted by molar-refractivity contribution is 5.97. The van der Waals surface area contributed by atoms with Gasteiger partial charge in [0.05, 0.1) is 17.4 Å². The summed E-state index contributed by atoms with van der Waals surface area (Å²) < 4.78 is 11.8. The van der Waals surface area contributed by atoms with Crippen molar-refractivity contribution in [3.05, 3.63) is 104 Å². The summed E-state index contributed by atoms with van der Waals surface area (Å²) in [7, 11) is 0. The van der Waals surface area contributed by atoms with Gasteiger partial charge in [-0.3, -0.25) is 14.2 Å². The Hall–Kier alpha value is -4.33. The molecule has 0 fully saturated rings. The number of nitrogens with zero attached hydrogens (tertiary/aromatic N) is 1. The third kappa shape index (κ3) is 4.30. The van der Waals surface area contributed by atoms with E-state index in [4.69, 9.17) is 9.47 Å². The molecule has 8 heteroatoms. The van der Waals surface area contributed by atoms with E-state index in [1.54, 1.807) is 30.3 Å². The zero-order valence-electron chi connectivity index (χ0n) is 18.6. The third-order valence-electron chi connectivity index (χ3n) is 5.80. The molecule has 8 nitrogen and oxygen atoms in total. The molecule has 0 radical (unpaired) electrons. The van der Waals surface area contributed by atoms with Gasteiger partial charge in [0.25, 0.3) is 11.5 Å². The lowest BCUT2D eigenvalue weighted by atomic mass is 10.1. The normalized spacial score (nSPS) is 12.1. The van der Waals surface area contributed by atoms with Gasteiger partial charge in [0.2, 0.25) is 6.79 Å². The van der Waals surface area contributed by atoms with Crippen LogP contribution in [0.1, 0.15) is 27.0 Å². The molecule has 3 aromatic carbocycles. The van der Waals surface area contributed by atoms with E-state index >= 15 is 0 Å². The van der Waals surface area contributed by atoms with Gasteiger partial charge in [0.15, 0.2) is 11.5 Å². The molecule has 1 aliphatic heterocycles. The summed E-state index contributed by atoms with van der Waals surface area (Å²) in [6.45, 7) is 2.74. The van der Waals surface area contributed by atoms with Crippen LogP contribution < -0.4 is 26.0 Å². The van der Waals surface area contributed by atoms with Crippen LogP contribution in [-0.4, -0.2) is 28.8 Å². The maximum atomic E-state index is 13.0. The summed E-state index contributed by atoms with van der Waals surface area (Å²) in [6.07, 6.45) is 0.711. The number of rotatable bonds is 6. The number of fused-ring (bicyclic) bond motifs is 2. The van der Waals surface area contributed by atoms with Gasteiger partial charge in [-0.1, -0.05) is 35.9 Å². The number of benzene rings is 3. The Morgan fingerprint density at radius 3 is 2.71 bits per heavy atom. The van der Waals surface area contributed by atoms with Crippen LogP contribution >= 0.6 is 0 Å². The Labute approximate surface area is 194 Å². The Morgan fingerprint density at radius 1 is 1.00 bits per heavy atom. The van der Waals surface area contributed by atoms with E-state index in [0.29, 0.717) is 40.9 Å². The maximum absolute atomic E-state index is 13.0. The fourth-order valence-electron chi connectivity index (χ4n) is 4.05. The molecule has 0 aliphatic carbocycles. The predicted octanol–water partition coefficient (Wildman–Crippen LogP) is 2.75. The molecular weight excluding hydrogens is 434 g/mol. The molecule has 0 spiro atoms. The zero-order valence-corrected chi connectivity index (χ0v) is 18.6. The largest absolute Gasteiger partial charge is 0.454 e. The first-order valence-electron chi connectivity index (χ1n) is 11.0. The van der Waals surface area contributed by atoms with E-state index < -0.39 is 11.2 Å². The number of hydrogen-bond donors (Lipinski definition) is 2. The minimum Gasteiger partial charge on any atom is -0.454 e. The molecule has 0 bridgehead atoms. The summed E-state index contributed by atoms with van der Waals surface area (Å²) in [5, 5.41) is 3.22. The summed E-state index contributed by atoms with van der Waals surface area (Å²) >= 11 is 0. The zero-order chi connectivity index (χ0) is 23.7. The number of aromatic nitrogens is 2. The van der Waals surface area contributed by atoms with E-state index in [1.165, 1.54) is 11.6 Å². The predicted molar refractivity (Wildman–Crippen MR) is 128 cm³/mol. The second kappa shape index (κ2) is 8.90. The molecular formula is C26H23N3O5. The lowest BCUT2D eigenvalue weighted by Gasteiger charge is -2.09. The molecule has 1 aromatic heterocycles. The fraction of sp³-hybridized carbons (Fsp3) is 0.192. The smallest absolute Gasteiger partial charge is 0.329 e. The number of carbonyl (C=O) groups is 1. The Morgan fingerprint density at radius 2 is 1.85 bits per heavy atom. The SMILES string of the molecule is Cc1cccc(CCNC(=O)c2ccc3c(=O)n(Cc4ccc5c(c4)OCO5)c(=O)[nH]c3c2)c1. The fourth-order valence-corrected chi connectivity index (χ4v) is 4.05. The number of ether oxygens (including phenoxy) is 2. The van der Waals surface area contributed by atoms with Crippen molar-refractivity contribution in [3.8, 4) is 11.5 Å². The second-order valence-corrected chi connectivity index (χ2v) is 8.26. The number of aromatic amines is 1. The van der Waals surface area contributed by atoms with Crippen LogP contribution in [0.25, 0.3) is 10.9 Å². The average molecular weight is 457 g/mol. The van der Waals surface area contributed by atoms with Gasteiger partial charge in [-0.05, 0) is 54.8 Å². The number of hydrogen-bond acceptors (Lipinski definition) is 5. The number of nitrogens with one attached hydrogen (secondary N) is 2. The Kier molecular flexibility index (Phi) is 5.63. The molecule has 0 saturated heterocycles. The van der Waals surface area contributed by atoms with Crippen LogP contribution in [-0.2, 0) is 13.0 Å². The monoisotopic (exact) mass is 457 g/mol. The summed E-state index contributed by atoms with van der Waals surface area (Å²) in [5.74, 6) is 0.953. The Bertz CT molecular complexity index is 1520. The van der Waals surface area contributed by atoms with Gasteiger partial charge in [-0.25, -0.2) is 4.79 Å². The average Bonchev–Trinajstić information content (AvgIpc) is 3.29. The van der Waals surface area contributed by atoms with E-state index in [2.05, 4.69) is 16.4 Å². The number of amides is 1. The van der Waals surface area contributed by atoms with Gasteiger partial charge >= 0.3 is 5.69 Å². The highest BCUT2D eigenvalue weighted by Crippen LogP contribution is 2.32. The van der Waals surface area contributed by atoms with Crippen LogP contribution in [0.5, 0.6) is 11.5 Å². The molecule has 2 N–H and O–H groups in total. The second-order valence-electron chi connectivity index (χ2n) is 8.26. The van der Waals surface area contributed by atoms with Gasteiger partial charge in [-0.2, -0.15) is 0 Å². The van der Waals surface area contributed by atoms with Gasteiger partial charge in [0.1, 0.15) is 0 Å². The van der Waals surface area contributed by atoms with Crippen molar-refractivity contribution < 1.29 is 14.3 Å². The molecule has 34 heavy (non-hydrogen) atoms. The third-order valence-corrected chi connectivity index (χ3v) is 5.80. The van der Waals surface area contributed by atoms with Crippen LogP contribution in [0.4, 0.5) is 0 Å². The quantitative estimate of drug-likeness (QED) is 0.464.